The van der Waals surface area contributed by atoms with Crippen LogP contribution in [0.1, 0.15) is 45.4 Å². The van der Waals surface area contributed by atoms with E-state index in [4.69, 9.17) is 9.47 Å². The van der Waals surface area contributed by atoms with Crippen molar-refractivity contribution in [2.45, 2.75) is 51.6 Å². The molecule has 2 aliphatic heterocycles. The second-order valence-corrected chi connectivity index (χ2v) is 6.48. The van der Waals surface area contributed by atoms with Crippen LogP contribution in [-0.2, 0) is 19.1 Å². The molecule has 0 radical (unpaired) electrons. The number of esters is 1. The van der Waals surface area contributed by atoms with Crippen molar-refractivity contribution in [1.82, 2.24) is 4.90 Å². The molecule has 2 saturated heterocycles. The molecule has 2 fully saturated rings. The molecule has 5 nitrogen and oxygen atoms in total. The van der Waals surface area contributed by atoms with Gasteiger partial charge in [0.25, 0.3) is 0 Å². The molecule has 5 heteroatoms. The van der Waals surface area contributed by atoms with Crippen LogP contribution in [-0.4, -0.2) is 49.2 Å². The molecule has 0 N–H and O–H groups in total. The van der Waals surface area contributed by atoms with Crippen molar-refractivity contribution >= 4 is 11.9 Å². The first kappa shape index (κ1) is 15.5. The molecule has 3 rings (SSSR count). The molecular weight excluding hydrogens is 282 g/mol. The molecule has 1 aliphatic carbocycles. The number of rotatable bonds is 4. The molecule has 0 aromatic carbocycles. The average molecular weight is 307 g/mol. The largest absolute Gasteiger partial charge is 0.457 e. The van der Waals surface area contributed by atoms with Gasteiger partial charge in [0.15, 0.2) is 0 Å². The summed E-state index contributed by atoms with van der Waals surface area (Å²) < 4.78 is 10.9. The summed E-state index contributed by atoms with van der Waals surface area (Å²) in [6.07, 6.45) is 6.76. The average Bonchev–Trinajstić information content (AvgIpc) is 2.81. The normalized spacial score (nSPS) is 31.5. The highest BCUT2D eigenvalue weighted by molar-refractivity contribution is 5.87. The van der Waals surface area contributed by atoms with E-state index in [0.29, 0.717) is 26.3 Å². The van der Waals surface area contributed by atoms with Crippen LogP contribution in [0.4, 0.5) is 0 Å². The van der Waals surface area contributed by atoms with Gasteiger partial charge >= 0.3 is 5.97 Å². The Labute approximate surface area is 131 Å². The summed E-state index contributed by atoms with van der Waals surface area (Å²) in [6.45, 7) is 4.56. The maximum absolute atomic E-state index is 12.5. The van der Waals surface area contributed by atoms with Crippen LogP contribution >= 0.6 is 0 Å². The highest BCUT2D eigenvalue weighted by Crippen LogP contribution is 2.50. The summed E-state index contributed by atoms with van der Waals surface area (Å²) in [4.78, 5) is 26.7. The Hall–Kier alpha value is -1.36. The minimum Gasteiger partial charge on any atom is -0.457 e. The molecule has 0 spiro atoms. The quantitative estimate of drug-likeness (QED) is 0.589. The molecule has 0 saturated carbocycles. The van der Waals surface area contributed by atoms with Crippen molar-refractivity contribution in [2.24, 2.45) is 5.41 Å². The minimum atomic E-state index is -0.442. The molecule has 0 aromatic heterocycles. The predicted octanol–water partition coefficient (Wildman–Crippen LogP) is 2.06. The van der Waals surface area contributed by atoms with Crippen LogP contribution in [0.25, 0.3) is 0 Å². The summed E-state index contributed by atoms with van der Waals surface area (Å²) in [6, 6.07) is 0. The third-order valence-electron chi connectivity index (χ3n) is 5.11. The number of hydrogen-bond donors (Lipinski definition) is 0. The first-order valence-corrected chi connectivity index (χ1v) is 8.44. The van der Waals surface area contributed by atoms with E-state index in [1.54, 1.807) is 0 Å². The molecule has 0 bridgehead atoms. The SMILES string of the molecule is CCC[C@]12CCCC=C1C(CC(=O)N1CCOCC1)OC2=O. The number of allylic oxidation sites excluding steroid dienone is 1. The second-order valence-electron chi connectivity index (χ2n) is 6.48. The van der Waals surface area contributed by atoms with Crippen molar-refractivity contribution in [3.63, 3.8) is 0 Å². The third kappa shape index (κ3) is 2.67. The number of amides is 1. The second kappa shape index (κ2) is 6.41. The van der Waals surface area contributed by atoms with E-state index in [1.165, 1.54) is 0 Å². The highest BCUT2D eigenvalue weighted by Gasteiger charge is 2.53. The summed E-state index contributed by atoms with van der Waals surface area (Å²) >= 11 is 0. The van der Waals surface area contributed by atoms with Gasteiger partial charge in [-0.15, -0.1) is 0 Å². The molecule has 3 aliphatic rings. The van der Waals surface area contributed by atoms with Crippen molar-refractivity contribution in [1.29, 1.82) is 0 Å². The lowest BCUT2D eigenvalue weighted by atomic mass is 9.69. The number of hydrogen-bond acceptors (Lipinski definition) is 4. The van der Waals surface area contributed by atoms with Gasteiger partial charge in [0.1, 0.15) is 6.10 Å². The van der Waals surface area contributed by atoms with Crippen molar-refractivity contribution in [2.75, 3.05) is 26.3 Å². The zero-order valence-electron chi connectivity index (χ0n) is 13.3. The molecular formula is C17H25NO4. The van der Waals surface area contributed by atoms with Gasteiger partial charge in [0, 0.05) is 13.1 Å². The Balaban J connectivity index is 1.73. The fraction of sp³-hybridized carbons (Fsp3) is 0.765. The number of ether oxygens (including phenoxy) is 2. The number of carbonyl (C=O) groups excluding carboxylic acids is 2. The molecule has 1 unspecified atom stereocenters. The van der Waals surface area contributed by atoms with Crippen molar-refractivity contribution in [3.8, 4) is 0 Å². The maximum atomic E-state index is 12.5. The van der Waals surface area contributed by atoms with E-state index in [1.807, 2.05) is 4.90 Å². The van der Waals surface area contributed by atoms with E-state index in [-0.39, 0.29) is 24.4 Å². The van der Waals surface area contributed by atoms with Crippen molar-refractivity contribution in [3.05, 3.63) is 11.6 Å². The lowest BCUT2D eigenvalue weighted by Crippen LogP contribution is -2.42. The molecule has 2 atom stereocenters. The summed E-state index contributed by atoms with van der Waals surface area (Å²) in [5.41, 5.74) is 0.635. The number of cyclic esters (lactones) is 1. The summed E-state index contributed by atoms with van der Waals surface area (Å²) in [7, 11) is 0. The maximum Gasteiger partial charge on any atom is 0.316 e. The predicted molar refractivity (Wildman–Crippen MR) is 81.2 cm³/mol. The van der Waals surface area contributed by atoms with Crippen LogP contribution in [0.5, 0.6) is 0 Å². The molecule has 122 valence electrons. The fourth-order valence-corrected chi connectivity index (χ4v) is 4.02. The van der Waals surface area contributed by atoms with Crippen molar-refractivity contribution < 1.29 is 19.1 Å². The van der Waals surface area contributed by atoms with Crippen LogP contribution in [0.2, 0.25) is 0 Å². The van der Waals surface area contributed by atoms with E-state index in [9.17, 15) is 9.59 Å². The minimum absolute atomic E-state index is 0.0693. The third-order valence-corrected chi connectivity index (χ3v) is 5.11. The fourth-order valence-electron chi connectivity index (χ4n) is 4.02. The van der Waals surface area contributed by atoms with Gasteiger partial charge < -0.3 is 14.4 Å². The lowest BCUT2D eigenvalue weighted by Gasteiger charge is -2.31. The molecule has 2 heterocycles. The molecule has 22 heavy (non-hydrogen) atoms. The topological polar surface area (TPSA) is 55.8 Å². The number of fused-ring (bicyclic) bond motifs is 1. The number of nitrogens with zero attached hydrogens (tertiary/aromatic N) is 1. The number of carbonyl (C=O) groups is 2. The molecule has 1 amide bonds. The van der Waals surface area contributed by atoms with Crippen LogP contribution < -0.4 is 0 Å². The smallest absolute Gasteiger partial charge is 0.316 e. The van der Waals surface area contributed by atoms with Crippen LogP contribution in [0, 0.1) is 5.41 Å². The van der Waals surface area contributed by atoms with Gasteiger partial charge in [0.05, 0.1) is 25.0 Å². The summed E-state index contributed by atoms with van der Waals surface area (Å²) in [5, 5.41) is 0. The van der Waals surface area contributed by atoms with Gasteiger partial charge in [0.2, 0.25) is 5.91 Å². The van der Waals surface area contributed by atoms with E-state index in [0.717, 1.165) is 37.7 Å². The lowest BCUT2D eigenvalue weighted by molar-refractivity contribution is -0.151. The summed E-state index contributed by atoms with van der Waals surface area (Å²) in [5.74, 6) is -0.0417. The Morgan fingerprint density at radius 3 is 2.91 bits per heavy atom. The highest BCUT2D eigenvalue weighted by atomic mass is 16.6. The Morgan fingerprint density at radius 1 is 1.41 bits per heavy atom. The van der Waals surface area contributed by atoms with Gasteiger partial charge in [-0.3, -0.25) is 9.59 Å². The van der Waals surface area contributed by atoms with Gasteiger partial charge in [-0.2, -0.15) is 0 Å². The Morgan fingerprint density at radius 2 is 2.18 bits per heavy atom. The van der Waals surface area contributed by atoms with E-state index in [2.05, 4.69) is 13.0 Å². The first-order valence-electron chi connectivity index (χ1n) is 8.44. The monoisotopic (exact) mass is 307 g/mol. The van der Waals surface area contributed by atoms with E-state index < -0.39 is 5.41 Å². The van der Waals surface area contributed by atoms with E-state index >= 15 is 0 Å². The number of morpholine rings is 1. The Kier molecular flexibility index (Phi) is 4.52. The molecule has 0 aromatic rings. The zero-order valence-corrected chi connectivity index (χ0v) is 13.3. The van der Waals surface area contributed by atoms with Crippen LogP contribution in [0.15, 0.2) is 11.6 Å². The standard InChI is InChI=1S/C17H25NO4/c1-2-6-17-7-4-3-5-13(17)14(22-16(17)20)12-15(19)18-8-10-21-11-9-18/h5,14H,2-4,6-12H2,1H3/t14?,17-/m0/s1. The van der Waals surface area contributed by atoms with Gasteiger partial charge in [-0.25, -0.2) is 0 Å². The Bertz CT molecular complexity index is 481. The van der Waals surface area contributed by atoms with Crippen LogP contribution in [0.3, 0.4) is 0 Å². The van der Waals surface area contributed by atoms with Gasteiger partial charge in [-0.05, 0) is 31.3 Å². The first-order chi connectivity index (χ1) is 10.7. The zero-order chi connectivity index (χ0) is 15.6. The van der Waals surface area contributed by atoms with Gasteiger partial charge in [-0.1, -0.05) is 19.4 Å².